The minimum atomic E-state index is -1.55. The van der Waals surface area contributed by atoms with E-state index in [9.17, 15) is 34.8 Å². The van der Waals surface area contributed by atoms with Crippen molar-refractivity contribution in [2.45, 2.75) is 98.8 Å². The molecule has 0 saturated heterocycles. The fourth-order valence-electron chi connectivity index (χ4n) is 4.89. The fraction of sp³-hybridized carbons (Fsp3) is 0.531. The zero-order valence-electron chi connectivity index (χ0n) is 24.6. The largest absolute Gasteiger partial charge is 0.511 e. The zero-order chi connectivity index (χ0) is 30.2. The first kappa shape index (κ1) is 32.7. The number of methoxy groups -OCH3 is 1. The lowest BCUT2D eigenvalue weighted by Crippen LogP contribution is -2.39. The minimum absolute atomic E-state index is 0.00257. The van der Waals surface area contributed by atoms with E-state index < -0.39 is 52.0 Å². The van der Waals surface area contributed by atoms with Gasteiger partial charge >= 0.3 is 0 Å². The standard InChI is InChI=1S/C32H44O8/c1-7-9-11-13-22(33)26-25(40-6)18-24(35)20(28(26)36)17-21-29(37)27(23(34)14-12-10-8-2)31(39)32(5,30(21)38)16-15-19(3)4/h15,18,35-38H,7-14,16-17H2,1-6H3/t32-/m0/s1. The number of phenolic OH excluding ortho intramolecular Hbond substituents is 2. The number of benzene rings is 1. The van der Waals surface area contributed by atoms with E-state index in [-0.39, 0.29) is 47.5 Å². The van der Waals surface area contributed by atoms with Gasteiger partial charge in [0.1, 0.15) is 39.9 Å². The Balaban J connectivity index is 2.72. The van der Waals surface area contributed by atoms with Crippen molar-refractivity contribution < 1.29 is 39.5 Å². The summed E-state index contributed by atoms with van der Waals surface area (Å²) in [6.45, 7) is 9.18. The third kappa shape index (κ3) is 6.95. The SMILES string of the molecule is CCCCCC(=O)C1=C(O)C(Cc2c(O)cc(OC)c(C(=O)CCCCC)c2O)=C(O)[C@](C)(CC=C(C)C)C1=O. The maximum Gasteiger partial charge on any atom is 0.183 e. The molecule has 0 radical (unpaired) electrons. The second kappa shape index (κ2) is 14.2. The van der Waals surface area contributed by atoms with Crippen molar-refractivity contribution in [3.05, 3.63) is 51.5 Å². The Morgan fingerprint density at radius 1 is 0.950 bits per heavy atom. The molecule has 1 aromatic carbocycles. The summed E-state index contributed by atoms with van der Waals surface area (Å²) in [4.78, 5) is 39.8. The van der Waals surface area contributed by atoms with Crippen LogP contribution in [0.25, 0.3) is 0 Å². The summed E-state index contributed by atoms with van der Waals surface area (Å²) in [5, 5.41) is 44.6. The molecule has 0 heterocycles. The molecule has 1 atom stereocenters. The number of ketones is 3. The molecule has 0 fully saturated rings. The lowest BCUT2D eigenvalue weighted by molar-refractivity contribution is -0.127. The predicted octanol–water partition coefficient (Wildman–Crippen LogP) is 7.13. The molecule has 0 spiro atoms. The van der Waals surface area contributed by atoms with Crippen LogP contribution in [0.5, 0.6) is 17.2 Å². The number of ether oxygens (including phenoxy) is 1. The highest BCUT2D eigenvalue weighted by Crippen LogP contribution is 2.46. The van der Waals surface area contributed by atoms with Crippen LogP contribution in [-0.2, 0) is 16.0 Å². The van der Waals surface area contributed by atoms with E-state index >= 15 is 0 Å². The van der Waals surface area contributed by atoms with Crippen molar-refractivity contribution in [1.29, 1.82) is 0 Å². The molecular weight excluding hydrogens is 512 g/mol. The van der Waals surface area contributed by atoms with Gasteiger partial charge in [-0.15, -0.1) is 0 Å². The van der Waals surface area contributed by atoms with Gasteiger partial charge in [-0.05, 0) is 40.0 Å². The maximum absolute atomic E-state index is 13.6. The molecule has 0 amide bonds. The number of carbonyl (C=O) groups excluding carboxylic acids is 3. The highest BCUT2D eigenvalue weighted by molar-refractivity contribution is 6.24. The first-order chi connectivity index (χ1) is 18.8. The van der Waals surface area contributed by atoms with Crippen LogP contribution in [0.3, 0.4) is 0 Å². The molecule has 2 rings (SSSR count). The summed E-state index contributed by atoms with van der Waals surface area (Å²) in [5.74, 6) is -3.68. The number of aliphatic hydroxyl groups excluding tert-OH is 2. The molecule has 8 nitrogen and oxygen atoms in total. The first-order valence-electron chi connectivity index (χ1n) is 14.1. The average Bonchev–Trinajstić information content (AvgIpc) is 2.90. The van der Waals surface area contributed by atoms with E-state index in [0.29, 0.717) is 12.8 Å². The predicted molar refractivity (Wildman–Crippen MR) is 154 cm³/mol. The van der Waals surface area contributed by atoms with Crippen molar-refractivity contribution in [2.75, 3.05) is 7.11 Å². The highest BCUT2D eigenvalue weighted by Gasteiger charge is 2.47. The molecule has 40 heavy (non-hydrogen) atoms. The van der Waals surface area contributed by atoms with E-state index in [4.69, 9.17) is 4.74 Å². The zero-order valence-corrected chi connectivity index (χ0v) is 24.6. The molecule has 8 heteroatoms. The smallest absolute Gasteiger partial charge is 0.183 e. The average molecular weight is 557 g/mol. The second-order valence-electron chi connectivity index (χ2n) is 10.9. The van der Waals surface area contributed by atoms with Crippen LogP contribution >= 0.6 is 0 Å². The van der Waals surface area contributed by atoms with Crippen LogP contribution in [0, 0.1) is 5.41 Å². The van der Waals surface area contributed by atoms with Crippen molar-refractivity contribution in [3.63, 3.8) is 0 Å². The summed E-state index contributed by atoms with van der Waals surface area (Å²) in [5.41, 5.74) is -1.45. The lowest BCUT2D eigenvalue weighted by Gasteiger charge is -2.33. The van der Waals surface area contributed by atoms with Crippen LogP contribution in [0.2, 0.25) is 0 Å². The molecule has 0 unspecified atom stereocenters. The number of carbonyl (C=O) groups is 3. The summed E-state index contributed by atoms with van der Waals surface area (Å²) in [6.07, 6.45) is 6.15. The van der Waals surface area contributed by atoms with Gasteiger partial charge in [0.25, 0.3) is 0 Å². The Bertz CT molecular complexity index is 1230. The van der Waals surface area contributed by atoms with Gasteiger partial charge in [-0.2, -0.15) is 0 Å². The number of rotatable bonds is 15. The van der Waals surface area contributed by atoms with Gasteiger partial charge in [-0.25, -0.2) is 0 Å². The molecule has 220 valence electrons. The number of aromatic hydroxyl groups is 2. The third-order valence-corrected chi connectivity index (χ3v) is 7.47. The van der Waals surface area contributed by atoms with Gasteiger partial charge in [0.15, 0.2) is 17.3 Å². The first-order valence-corrected chi connectivity index (χ1v) is 14.1. The maximum atomic E-state index is 13.6. The van der Waals surface area contributed by atoms with Crippen LogP contribution < -0.4 is 4.74 Å². The summed E-state index contributed by atoms with van der Waals surface area (Å²) >= 11 is 0. The number of unbranched alkanes of at least 4 members (excludes halogenated alkanes) is 4. The minimum Gasteiger partial charge on any atom is -0.511 e. The molecule has 1 aliphatic rings. The summed E-state index contributed by atoms with van der Waals surface area (Å²) < 4.78 is 5.26. The normalized spacial score (nSPS) is 17.3. The fourth-order valence-corrected chi connectivity index (χ4v) is 4.89. The van der Waals surface area contributed by atoms with E-state index in [1.807, 2.05) is 27.7 Å². The van der Waals surface area contributed by atoms with Crippen LogP contribution in [0.4, 0.5) is 0 Å². The number of aliphatic hydroxyl groups is 2. The van der Waals surface area contributed by atoms with Gasteiger partial charge in [-0.3, -0.25) is 14.4 Å². The van der Waals surface area contributed by atoms with Crippen LogP contribution in [-0.4, -0.2) is 44.9 Å². The molecule has 0 aliphatic heterocycles. The molecule has 0 bridgehead atoms. The Kier molecular flexibility index (Phi) is 11.6. The Morgan fingerprint density at radius 2 is 1.52 bits per heavy atom. The monoisotopic (exact) mass is 556 g/mol. The topological polar surface area (TPSA) is 141 Å². The van der Waals surface area contributed by atoms with Crippen molar-refractivity contribution in [1.82, 2.24) is 0 Å². The van der Waals surface area contributed by atoms with Crippen LogP contribution in [0.15, 0.2) is 40.4 Å². The van der Waals surface area contributed by atoms with Gasteiger partial charge in [-0.1, -0.05) is 51.2 Å². The van der Waals surface area contributed by atoms with Gasteiger partial charge in [0.05, 0.1) is 12.5 Å². The highest BCUT2D eigenvalue weighted by atomic mass is 16.5. The molecule has 0 aromatic heterocycles. The molecular formula is C32H44O8. The van der Waals surface area contributed by atoms with E-state index in [2.05, 4.69) is 0 Å². The van der Waals surface area contributed by atoms with Gasteiger partial charge in [0.2, 0.25) is 0 Å². The number of allylic oxidation sites excluding steroid dienone is 5. The Morgan fingerprint density at radius 3 is 2.05 bits per heavy atom. The summed E-state index contributed by atoms with van der Waals surface area (Å²) in [6, 6.07) is 1.20. The summed E-state index contributed by atoms with van der Waals surface area (Å²) in [7, 11) is 1.32. The van der Waals surface area contributed by atoms with E-state index in [1.54, 1.807) is 6.08 Å². The van der Waals surface area contributed by atoms with Gasteiger partial charge in [0, 0.05) is 36.5 Å². The second-order valence-corrected chi connectivity index (χ2v) is 10.9. The molecule has 1 aromatic rings. The number of hydrogen-bond donors (Lipinski definition) is 4. The third-order valence-electron chi connectivity index (χ3n) is 7.47. The van der Waals surface area contributed by atoms with Crippen LogP contribution in [0.1, 0.15) is 108 Å². The number of phenols is 2. The molecule has 1 aliphatic carbocycles. The van der Waals surface area contributed by atoms with Gasteiger partial charge < -0.3 is 25.2 Å². The van der Waals surface area contributed by atoms with E-state index in [0.717, 1.165) is 31.3 Å². The quantitative estimate of drug-likeness (QED) is 0.0773. The Labute approximate surface area is 237 Å². The van der Waals surface area contributed by atoms with E-state index in [1.165, 1.54) is 20.1 Å². The Hall–Kier alpha value is -3.55. The number of hydrogen-bond acceptors (Lipinski definition) is 8. The van der Waals surface area contributed by atoms with Crippen molar-refractivity contribution in [3.8, 4) is 17.2 Å². The lowest BCUT2D eigenvalue weighted by atomic mass is 9.69. The molecule has 0 saturated carbocycles. The van der Waals surface area contributed by atoms with Crippen molar-refractivity contribution in [2.24, 2.45) is 5.41 Å². The van der Waals surface area contributed by atoms with Crippen molar-refractivity contribution >= 4 is 17.3 Å². The molecule has 4 N–H and O–H groups in total. The number of Topliss-reactive ketones (excluding diaryl/α,β-unsaturated/α-hetero) is 3.